The molecule has 2 bridgehead atoms. The molecule has 2 aliphatic carbocycles. The normalized spacial score (nSPS) is 31.9. The predicted octanol–water partition coefficient (Wildman–Crippen LogP) is 2.83. The first-order valence-electron chi connectivity index (χ1n) is 5.81. The van der Waals surface area contributed by atoms with Crippen molar-refractivity contribution in [3.8, 4) is 0 Å². The van der Waals surface area contributed by atoms with Crippen LogP contribution < -0.4 is 0 Å². The second kappa shape index (κ2) is 3.84. The lowest BCUT2D eigenvalue weighted by molar-refractivity contribution is 0.0594. The van der Waals surface area contributed by atoms with Crippen molar-refractivity contribution in [2.45, 2.75) is 31.6 Å². The van der Waals surface area contributed by atoms with Crippen molar-refractivity contribution in [3.63, 3.8) is 0 Å². The van der Waals surface area contributed by atoms with Crippen molar-refractivity contribution in [2.75, 3.05) is 7.11 Å². The number of esters is 1. The van der Waals surface area contributed by atoms with E-state index in [1.807, 2.05) is 5.38 Å². The Morgan fingerprint density at radius 1 is 1.50 bits per heavy atom. The van der Waals surface area contributed by atoms with Gasteiger partial charge < -0.3 is 4.74 Å². The summed E-state index contributed by atoms with van der Waals surface area (Å²) >= 11 is 1.62. The van der Waals surface area contributed by atoms with Crippen LogP contribution in [0.2, 0.25) is 0 Å². The average molecular weight is 237 g/mol. The van der Waals surface area contributed by atoms with Gasteiger partial charge in [-0.1, -0.05) is 6.42 Å². The van der Waals surface area contributed by atoms with Crippen LogP contribution in [0.25, 0.3) is 0 Å². The fraction of sp³-hybridized carbons (Fsp3) is 0.667. The number of carbonyl (C=O) groups excluding carboxylic acids is 1. The van der Waals surface area contributed by atoms with Gasteiger partial charge in [0, 0.05) is 11.3 Å². The molecule has 1 heterocycles. The second-order valence-electron chi connectivity index (χ2n) is 4.84. The lowest BCUT2D eigenvalue weighted by Gasteiger charge is -2.18. The van der Waals surface area contributed by atoms with Gasteiger partial charge in [-0.05, 0) is 31.1 Å². The van der Waals surface area contributed by atoms with Crippen LogP contribution in [0.15, 0.2) is 5.38 Å². The van der Waals surface area contributed by atoms with Crippen molar-refractivity contribution in [2.24, 2.45) is 11.8 Å². The molecule has 0 amide bonds. The van der Waals surface area contributed by atoms with E-state index in [1.54, 1.807) is 11.3 Å². The molecule has 2 aliphatic rings. The zero-order chi connectivity index (χ0) is 11.1. The fourth-order valence-electron chi connectivity index (χ4n) is 3.20. The molecule has 86 valence electrons. The summed E-state index contributed by atoms with van der Waals surface area (Å²) in [5, 5.41) is 2.97. The van der Waals surface area contributed by atoms with Crippen LogP contribution in [-0.4, -0.2) is 18.1 Å². The highest BCUT2D eigenvalue weighted by Crippen LogP contribution is 2.53. The predicted molar refractivity (Wildman–Crippen MR) is 61.6 cm³/mol. The minimum absolute atomic E-state index is 0.314. The maximum absolute atomic E-state index is 11.3. The summed E-state index contributed by atoms with van der Waals surface area (Å²) in [6, 6.07) is 0. The summed E-state index contributed by atoms with van der Waals surface area (Å²) in [7, 11) is 1.40. The number of thiazole rings is 1. The Morgan fingerprint density at radius 2 is 2.38 bits per heavy atom. The first-order valence-corrected chi connectivity index (χ1v) is 6.69. The molecule has 2 saturated carbocycles. The highest BCUT2D eigenvalue weighted by molar-refractivity contribution is 7.09. The summed E-state index contributed by atoms with van der Waals surface area (Å²) in [5.74, 6) is 2.04. The van der Waals surface area contributed by atoms with Crippen LogP contribution in [0.3, 0.4) is 0 Å². The van der Waals surface area contributed by atoms with Crippen molar-refractivity contribution in [3.05, 3.63) is 16.1 Å². The molecule has 16 heavy (non-hydrogen) atoms. The Bertz CT molecular complexity index is 415. The summed E-state index contributed by atoms with van der Waals surface area (Å²) < 4.78 is 4.68. The van der Waals surface area contributed by atoms with Crippen LogP contribution in [0.4, 0.5) is 0 Å². The molecule has 0 radical (unpaired) electrons. The van der Waals surface area contributed by atoms with Crippen molar-refractivity contribution >= 4 is 17.3 Å². The lowest BCUT2D eigenvalue weighted by Crippen LogP contribution is -2.09. The second-order valence-corrected chi connectivity index (χ2v) is 5.73. The van der Waals surface area contributed by atoms with E-state index in [9.17, 15) is 4.79 Å². The molecule has 0 saturated heterocycles. The van der Waals surface area contributed by atoms with E-state index in [4.69, 9.17) is 0 Å². The molecule has 2 fully saturated rings. The number of ether oxygens (including phenoxy) is 1. The highest BCUT2D eigenvalue weighted by atomic mass is 32.1. The Labute approximate surface area is 98.8 Å². The average Bonchev–Trinajstić information content (AvgIpc) is 3.02. The minimum atomic E-state index is -0.314. The molecular formula is C12H15NO2S. The minimum Gasteiger partial charge on any atom is -0.464 e. The number of nitrogens with zero attached hydrogens (tertiary/aromatic N) is 1. The number of hydrogen-bond donors (Lipinski definition) is 0. The van der Waals surface area contributed by atoms with Crippen LogP contribution >= 0.6 is 11.3 Å². The van der Waals surface area contributed by atoms with Gasteiger partial charge in [0.25, 0.3) is 0 Å². The Morgan fingerprint density at radius 3 is 3.00 bits per heavy atom. The van der Waals surface area contributed by atoms with Gasteiger partial charge in [0.05, 0.1) is 12.1 Å². The van der Waals surface area contributed by atoms with E-state index in [2.05, 4.69) is 9.72 Å². The molecule has 1 aromatic heterocycles. The molecule has 4 heteroatoms. The SMILES string of the molecule is COC(=O)c1csc(C2CC3CCC2C3)n1. The first-order chi connectivity index (χ1) is 7.78. The summed E-state index contributed by atoms with van der Waals surface area (Å²) in [5.41, 5.74) is 0.477. The van der Waals surface area contributed by atoms with Crippen LogP contribution in [0.1, 0.15) is 47.1 Å². The van der Waals surface area contributed by atoms with Gasteiger partial charge in [0.1, 0.15) is 0 Å². The fourth-order valence-corrected chi connectivity index (χ4v) is 4.20. The van der Waals surface area contributed by atoms with Gasteiger partial charge in [-0.2, -0.15) is 0 Å². The van der Waals surface area contributed by atoms with E-state index in [0.29, 0.717) is 11.6 Å². The van der Waals surface area contributed by atoms with Gasteiger partial charge in [0.2, 0.25) is 0 Å². The molecule has 0 N–H and O–H groups in total. The van der Waals surface area contributed by atoms with Crippen LogP contribution in [-0.2, 0) is 4.74 Å². The topological polar surface area (TPSA) is 39.2 Å². The molecule has 1 aromatic rings. The van der Waals surface area contributed by atoms with Gasteiger partial charge in [0.15, 0.2) is 5.69 Å². The molecule has 3 nitrogen and oxygen atoms in total. The zero-order valence-electron chi connectivity index (χ0n) is 9.31. The molecule has 0 aliphatic heterocycles. The Kier molecular flexibility index (Phi) is 2.46. The van der Waals surface area contributed by atoms with Gasteiger partial charge in [-0.25, -0.2) is 9.78 Å². The third-order valence-electron chi connectivity index (χ3n) is 3.97. The molecule has 0 aromatic carbocycles. The number of aromatic nitrogens is 1. The van der Waals surface area contributed by atoms with E-state index in [0.717, 1.165) is 16.8 Å². The first kappa shape index (κ1) is 10.3. The number of fused-ring (bicyclic) bond motifs is 2. The van der Waals surface area contributed by atoms with E-state index >= 15 is 0 Å². The number of rotatable bonds is 2. The Hall–Kier alpha value is -0.900. The lowest BCUT2D eigenvalue weighted by atomic mass is 9.89. The summed E-state index contributed by atoms with van der Waals surface area (Å²) in [6.07, 6.45) is 5.40. The van der Waals surface area contributed by atoms with Crippen LogP contribution in [0.5, 0.6) is 0 Å². The maximum Gasteiger partial charge on any atom is 0.357 e. The standard InChI is InChI=1S/C12H15NO2S/c1-15-12(14)10-6-16-11(13-10)9-5-7-2-3-8(9)4-7/h6-9H,2-5H2,1H3. The smallest absolute Gasteiger partial charge is 0.357 e. The van der Waals surface area contributed by atoms with Crippen molar-refractivity contribution in [1.82, 2.24) is 4.98 Å². The molecular weight excluding hydrogens is 222 g/mol. The molecule has 3 rings (SSSR count). The largest absolute Gasteiger partial charge is 0.464 e. The van der Waals surface area contributed by atoms with Crippen molar-refractivity contribution < 1.29 is 9.53 Å². The van der Waals surface area contributed by atoms with Crippen LogP contribution in [0, 0.1) is 11.8 Å². The maximum atomic E-state index is 11.3. The van der Waals surface area contributed by atoms with E-state index in [-0.39, 0.29) is 5.97 Å². The van der Waals surface area contributed by atoms with Gasteiger partial charge in [-0.3, -0.25) is 0 Å². The van der Waals surface area contributed by atoms with Crippen molar-refractivity contribution in [1.29, 1.82) is 0 Å². The van der Waals surface area contributed by atoms with Gasteiger partial charge >= 0.3 is 5.97 Å². The highest BCUT2D eigenvalue weighted by Gasteiger charge is 2.41. The quantitative estimate of drug-likeness (QED) is 0.742. The Balaban J connectivity index is 1.80. The van der Waals surface area contributed by atoms with Gasteiger partial charge in [-0.15, -0.1) is 11.3 Å². The monoisotopic (exact) mass is 237 g/mol. The molecule has 3 atom stereocenters. The third kappa shape index (κ3) is 1.56. The zero-order valence-corrected chi connectivity index (χ0v) is 10.1. The molecule has 0 spiro atoms. The van der Waals surface area contributed by atoms with E-state index in [1.165, 1.54) is 32.8 Å². The summed E-state index contributed by atoms with van der Waals surface area (Å²) in [4.78, 5) is 15.7. The molecule has 3 unspecified atom stereocenters. The number of carbonyl (C=O) groups is 1. The summed E-state index contributed by atoms with van der Waals surface area (Å²) in [6.45, 7) is 0. The number of methoxy groups -OCH3 is 1. The third-order valence-corrected chi connectivity index (χ3v) is 4.95. The number of hydrogen-bond acceptors (Lipinski definition) is 4. The van der Waals surface area contributed by atoms with E-state index < -0.39 is 0 Å².